The molecule has 160 valence electrons. The van der Waals surface area contributed by atoms with Crippen LogP contribution >= 0.6 is 45.9 Å². The van der Waals surface area contributed by atoms with Gasteiger partial charge in [0.1, 0.15) is 21.2 Å². The fourth-order valence-corrected chi connectivity index (χ4v) is 7.74. The molecule has 0 aliphatic carbocycles. The summed E-state index contributed by atoms with van der Waals surface area (Å²) in [5, 5.41) is 3.74. The van der Waals surface area contributed by atoms with Crippen molar-refractivity contribution < 1.29 is 8.42 Å². The van der Waals surface area contributed by atoms with Crippen molar-refractivity contribution in [1.82, 2.24) is 14.3 Å². The fraction of sp³-hybridized carbons (Fsp3) is 0.200. The third kappa shape index (κ3) is 3.94. The van der Waals surface area contributed by atoms with Gasteiger partial charge >= 0.3 is 0 Å². The average molecular weight is 511 g/mol. The van der Waals surface area contributed by atoms with Gasteiger partial charge in [0.25, 0.3) is 10.0 Å². The highest BCUT2D eigenvalue weighted by atomic mass is 35.5. The van der Waals surface area contributed by atoms with Crippen LogP contribution in [0, 0.1) is 0 Å². The number of benzene rings is 1. The molecule has 31 heavy (non-hydrogen) atoms. The van der Waals surface area contributed by atoms with Crippen LogP contribution in [-0.4, -0.2) is 48.9 Å². The maximum absolute atomic E-state index is 12.9. The summed E-state index contributed by atoms with van der Waals surface area (Å²) in [6.07, 6.45) is 1.57. The Bertz CT molecular complexity index is 1340. The highest BCUT2D eigenvalue weighted by Crippen LogP contribution is 2.38. The molecule has 1 aliphatic heterocycles. The van der Waals surface area contributed by atoms with Gasteiger partial charge in [0.15, 0.2) is 0 Å². The number of hydrogen-bond acceptors (Lipinski definition) is 7. The first-order valence-corrected chi connectivity index (χ1v) is 13.3. The van der Waals surface area contributed by atoms with Crippen molar-refractivity contribution in [3.63, 3.8) is 0 Å². The Kier molecular flexibility index (Phi) is 5.66. The summed E-state index contributed by atoms with van der Waals surface area (Å²) in [7, 11) is -3.54. The van der Waals surface area contributed by atoms with Crippen LogP contribution < -0.4 is 4.90 Å². The molecule has 0 N–H and O–H groups in total. The molecule has 4 heterocycles. The Morgan fingerprint density at radius 3 is 2.35 bits per heavy atom. The summed E-state index contributed by atoms with van der Waals surface area (Å²) < 4.78 is 28.1. The summed E-state index contributed by atoms with van der Waals surface area (Å²) in [4.78, 5) is 12.0. The van der Waals surface area contributed by atoms with Crippen LogP contribution in [0.1, 0.15) is 0 Å². The van der Waals surface area contributed by atoms with Gasteiger partial charge < -0.3 is 4.90 Å². The second-order valence-corrected chi connectivity index (χ2v) is 12.2. The maximum Gasteiger partial charge on any atom is 0.252 e. The molecule has 5 rings (SSSR count). The van der Waals surface area contributed by atoms with Crippen LogP contribution in [0.4, 0.5) is 5.82 Å². The molecule has 11 heteroatoms. The van der Waals surface area contributed by atoms with Crippen LogP contribution in [0.15, 0.2) is 52.3 Å². The zero-order valence-electron chi connectivity index (χ0n) is 16.0. The minimum Gasteiger partial charge on any atom is -0.353 e. The van der Waals surface area contributed by atoms with E-state index in [2.05, 4.69) is 20.2 Å². The van der Waals surface area contributed by atoms with Crippen LogP contribution in [0.2, 0.25) is 9.36 Å². The van der Waals surface area contributed by atoms with E-state index < -0.39 is 10.0 Å². The molecule has 0 radical (unpaired) electrons. The molecule has 0 unspecified atom stereocenters. The fourth-order valence-electron chi connectivity index (χ4n) is 3.64. The van der Waals surface area contributed by atoms with E-state index in [4.69, 9.17) is 23.2 Å². The number of anilines is 1. The van der Waals surface area contributed by atoms with E-state index in [9.17, 15) is 8.42 Å². The largest absolute Gasteiger partial charge is 0.353 e. The summed E-state index contributed by atoms with van der Waals surface area (Å²) in [6, 6.07) is 10.9. The SMILES string of the molecule is O=S(=O)(c1ccc(Cl)s1)N1CCN(c2ncnc3scc(-c4ccc(Cl)cc4)c23)CC1. The standard InChI is InChI=1S/C20H16Cl2N4O2S3/c21-14-3-1-13(2-4-14)15-11-29-20-18(15)19(23-12-24-20)25-7-9-26(10-8-25)31(27,28)17-6-5-16(22)30-17/h1-6,11-12H,7-10H2. The number of halogens is 2. The minimum atomic E-state index is -3.54. The Labute approximate surface area is 197 Å². The van der Waals surface area contributed by atoms with Gasteiger partial charge in [-0.05, 0) is 29.8 Å². The molecule has 1 fully saturated rings. The van der Waals surface area contributed by atoms with Gasteiger partial charge in [-0.2, -0.15) is 4.31 Å². The van der Waals surface area contributed by atoms with Gasteiger partial charge in [-0.3, -0.25) is 0 Å². The van der Waals surface area contributed by atoms with Crippen molar-refractivity contribution in [2.75, 3.05) is 31.1 Å². The number of sulfonamides is 1. The van der Waals surface area contributed by atoms with Crippen molar-refractivity contribution in [1.29, 1.82) is 0 Å². The molecule has 0 spiro atoms. The van der Waals surface area contributed by atoms with Gasteiger partial charge in [0, 0.05) is 42.1 Å². The van der Waals surface area contributed by atoms with E-state index in [1.54, 1.807) is 29.8 Å². The number of aromatic nitrogens is 2. The van der Waals surface area contributed by atoms with E-state index in [-0.39, 0.29) is 4.21 Å². The topological polar surface area (TPSA) is 66.4 Å². The number of fused-ring (bicyclic) bond motifs is 1. The maximum atomic E-state index is 12.9. The van der Waals surface area contributed by atoms with Crippen molar-refractivity contribution in [3.8, 4) is 11.1 Å². The predicted octanol–water partition coefficient (Wildman–Crippen LogP) is 5.24. The van der Waals surface area contributed by atoms with E-state index in [1.807, 2.05) is 24.3 Å². The van der Waals surface area contributed by atoms with Crippen LogP contribution in [0.5, 0.6) is 0 Å². The van der Waals surface area contributed by atoms with Crippen LogP contribution in [0.3, 0.4) is 0 Å². The van der Waals surface area contributed by atoms with Gasteiger partial charge in [-0.25, -0.2) is 18.4 Å². The smallest absolute Gasteiger partial charge is 0.252 e. The third-order valence-corrected chi connectivity index (χ3v) is 9.92. The van der Waals surface area contributed by atoms with Crippen molar-refractivity contribution in [2.45, 2.75) is 4.21 Å². The average Bonchev–Trinajstić information content (AvgIpc) is 3.41. The quantitative estimate of drug-likeness (QED) is 0.375. The van der Waals surface area contributed by atoms with E-state index >= 15 is 0 Å². The van der Waals surface area contributed by atoms with E-state index in [0.29, 0.717) is 35.5 Å². The summed E-state index contributed by atoms with van der Waals surface area (Å²) in [5.41, 5.74) is 2.10. The van der Waals surface area contributed by atoms with E-state index in [0.717, 1.165) is 38.5 Å². The minimum absolute atomic E-state index is 0.276. The van der Waals surface area contributed by atoms with Gasteiger partial charge in [0.05, 0.1) is 9.72 Å². The van der Waals surface area contributed by atoms with Gasteiger partial charge in [-0.1, -0.05) is 35.3 Å². The Morgan fingerprint density at radius 2 is 1.68 bits per heavy atom. The number of thiophene rings is 2. The molecule has 0 bridgehead atoms. The summed E-state index contributed by atoms with van der Waals surface area (Å²) >= 11 is 14.6. The monoisotopic (exact) mass is 510 g/mol. The number of hydrogen-bond donors (Lipinski definition) is 0. The second-order valence-electron chi connectivity index (χ2n) is 6.98. The summed E-state index contributed by atoms with van der Waals surface area (Å²) in [6.45, 7) is 1.84. The van der Waals surface area contributed by atoms with Crippen LogP contribution in [-0.2, 0) is 10.0 Å². The first-order valence-electron chi connectivity index (χ1n) is 9.42. The molecule has 1 aliphatic rings. The lowest BCUT2D eigenvalue weighted by Gasteiger charge is -2.34. The lowest BCUT2D eigenvalue weighted by atomic mass is 10.1. The molecule has 6 nitrogen and oxygen atoms in total. The van der Waals surface area contributed by atoms with Crippen LogP contribution in [0.25, 0.3) is 21.3 Å². The Balaban J connectivity index is 1.44. The molecular formula is C20H16Cl2N4O2S3. The first-order chi connectivity index (χ1) is 14.9. The normalized spacial score (nSPS) is 15.6. The second kappa shape index (κ2) is 8.31. The molecule has 4 aromatic rings. The van der Waals surface area contributed by atoms with Crippen molar-refractivity contribution in [2.24, 2.45) is 0 Å². The highest BCUT2D eigenvalue weighted by Gasteiger charge is 2.31. The molecular weight excluding hydrogens is 495 g/mol. The lowest BCUT2D eigenvalue weighted by Crippen LogP contribution is -2.48. The van der Waals surface area contributed by atoms with Crippen molar-refractivity contribution >= 4 is 71.9 Å². The molecule has 3 aromatic heterocycles. The van der Waals surface area contributed by atoms with Gasteiger partial charge in [-0.15, -0.1) is 22.7 Å². The summed E-state index contributed by atoms with van der Waals surface area (Å²) in [5.74, 6) is 0.826. The molecule has 1 aromatic carbocycles. The highest BCUT2D eigenvalue weighted by molar-refractivity contribution is 7.91. The van der Waals surface area contributed by atoms with Crippen molar-refractivity contribution in [3.05, 3.63) is 57.5 Å². The molecule has 0 amide bonds. The third-order valence-electron chi connectivity index (χ3n) is 5.19. The predicted molar refractivity (Wildman–Crippen MR) is 128 cm³/mol. The molecule has 0 atom stereocenters. The number of nitrogens with zero attached hydrogens (tertiary/aromatic N) is 4. The number of piperazine rings is 1. The van der Waals surface area contributed by atoms with E-state index in [1.165, 1.54) is 4.31 Å². The number of rotatable bonds is 4. The lowest BCUT2D eigenvalue weighted by molar-refractivity contribution is 0.385. The zero-order chi connectivity index (χ0) is 21.6. The Morgan fingerprint density at radius 1 is 0.935 bits per heavy atom. The molecule has 0 saturated carbocycles. The first kappa shape index (κ1) is 21.1. The molecule has 1 saturated heterocycles. The Hall–Kier alpha value is -1.75. The zero-order valence-corrected chi connectivity index (χ0v) is 20.0. The van der Waals surface area contributed by atoms with Gasteiger partial charge in [0.2, 0.25) is 0 Å².